The van der Waals surface area contributed by atoms with Gasteiger partial charge in [0.2, 0.25) is 5.91 Å². The third-order valence-electron chi connectivity index (χ3n) is 7.47. The second kappa shape index (κ2) is 15.5. The summed E-state index contributed by atoms with van der Waals surface area (Å²) in [5.74, 6) is -2.96. The van der Waals surface area contributed by atoms with Gasteiger partial charge in [-0.25, -0.2) is 4.39 Å². The maximum absolute atomic E-state index is 14.8. The molecular formula is C37H40F4N4O2S. The van der Waals surface area contributed by atoms with E-state index in [-0.39, 0.29) is 47.8 Å². The molecule has 0 aliphatic heterocycles. The Morgan fingerprint density at radius 2 is 1.69 bits per heavy atom. The molecule has 1 aliphatic rings. The second-order valence-corrected chi connectivity index (χ2v) is 11.6. The van der Waals surface area contributed by atoms with Crippen molar-refractivity contribution in [2.45, 2.75) is 70.2 Å². The van der Waals surface area contributed by atoms with E-state index in [1.54, 1.807) is 0 Å². The molecule has 0 fully saturated rings. The molecule has 11 heteroatoms. The summed E-state index contributed by atoms with van der Waals surface area (Å²) in [6.07, 6.45) is -4.39. The molecule has 1 aromatic heterocycles. The van der Waals surface area contributed by atoms with Gasteiger partial charge in [-0.1, -0.05) is 67.9 Å². The van der Waals surface area contributed by atoms with Crippen LogP contribution >= 0.6 is 11.8 Å². The monoisotopic (exact) mass is 695 g/mol. The Labute approximate surface area is 303 Å². The first-order valence-corrected chi connectivity index (χ1v) is 15.9. The van der Waals surface area contributed by atoms with Crippen molar-refractivity contribution < 1.29 is 42.9 Å². The number of thioether (sulfide) groups is 1. The number of nitrogens with zero attached hydrogens (tertiary/aromatic N) is 4. The van der Waals surface area contributed by atoms with Crippen LogP contribution in [0.25, 0.3) is 11.1 Å². The van der Waals surface area contributed by atoms with Gasteiger partial charge in [0.25, 0.3) is 5.56 Å². The Hall–Kier alpha value is -3.96. The lowest BCUT2D eigenvalue weighted by atomic mass is 9.98. The lowest BCUT2D eigenvalue weighted by Crippen LogP contribution is -2.40. The highest BCUT2D eigenvalue weighted by Gasteiger charge is 2.30. The van der Waals surface area contributed by atoms with Crippen LogP contribution in [0.2, 0.25) is 0 Å². The maximum Gasteiger partial charge on any atom is 0.416 e. The summed E-state index contributed by atoms with van der Waals surface area (Å²) < 4.78 is 185. The summed E-state index contributed by atoms with van der Waals surface area (Å²) in [6, 6.07) is -11.4. The van der Waals surface area contributed by atoms with Crippen LogP contribution in [-0.2, 0) is 42.7 Å². The fourth-order valence-corrected chi connectivity index (χ4v) is 5.76. The smallest absolute Gasteiger partial charge is 0.336 e. The van der Waals surface area contributed by atoms with E-state index >= 15 is 0 Å². The van der Waals surface area contributed by atoms with Gasteiger partial charge in [0.1, 0.15) is 12.4 Å². The van der Waals surface area contributed by atoms with Crippen molar-refractivity contribution in [2.75, 3.05) is 26.1 Å². The number of carbonyl (C=O) groups excluding carboxylic acids is 1. The number of alkyl halides is 3. The van der Waals surface area contributed by atoms with Crippen LogP contribution in [0.15, 0.2) is 76.4 Å². The van der Waals surface area contributed by atoms with Crippen molar-refractivity contribution in [3.63, 3.8) is 0 Å². The number of halogens is 4. The van der Waals surface area contributed by atoms with Crippen molar-refractivity contribution in [3.8, 4) is 11.1 Å². The lowest BCUT2D eigenvalue weighted by Gasteiger charge is -2.28. The van der Waals surface area contributed by atoms with Crippen molar-refractivity contribution in [1.29, 1.82) is 0 Å². The van der Waals surface area contributed by atoms with Crippen molar-refractivity contribution in [2.24, 2.45) is 0 Å². The van der Waals surface area contributed by atoms with Crippen LogP contribution in [0, 0.1) is 12.7 Å². The first-order valence-electron chi connectivity index (χ1n) is 22.4. The highest BCUT2D eigenvalue weighted by molar-refractivity contribution is 7.98. The minimum atomic E-state index is -5.31. The predicted octanol–water partition coefficient (Wildman–Crippen LogP) is 7.53. The number of rotatable bonds is 13. The highest BCUT2D eigenvalue weighted by Crippen LogP contribution is 2.32. The van der Waals surface area contributed by atoms with Gasteiger partial charge in [0.15, 0.2) is 5.16 Å². The van der Waals surface area contributed by atoms with E-state index in [9.17, 15) is 29.9 Å². The molecule has 3 aromatic carbocycles. The molecule has 0 bridgehead atoms. The molecule has 5 rings (SSSR count). The summed E-state index contributed by atoms with van der Waals surface area (Å²) in [7, 11) is 0. The number of fused-ring (bicyclic) bond motifs is 1. The van der Waals surface area contributed by atoms with Crippen LogP contribution in [0.5, 0.6) is 0 Å². The number of hydrogen-bond donors (Lipinski definition) is 0. The van der Waals surface area contributed by atoms with Crippen LogP contribution < -0.4 is 5.56 Å². The molecule has 6 nitrogen and oxygen atoms in total. The molecule has 0 radical (unpaired) electrons. The SMILES string of the molecule is [2H]c1c([2H])c(CSc2nc(=O)c3c(n2CC(=O)N(Cc2c([2H])c([2H])c(-c4c([2H])c([2H])c(C(F)(F)F)c([2H])c4[2H])c([2H])c2C)C([2H])([2H])C([2H])([2H])N(CC)CC)CCC3)c([2H])c([2H])c1F. The molecule has 4 aromatic rings. The van der Waals surface area contributed by atoms with Gasteiger partial charge in [0.05, 0.1) is 23.4 Å². The molecule has 1 aliphatic carbocycles. The summed E-state index contributed by atoms with van der Waals surface area (Å²) in [5.41, 5.74) is -4.60. The van der Waals surface area contributed by atoms with E-state index in [0.29, 0.717) is 28.8 Å². The standard InChI is InChI=1S/C37H40F4N4O2S/c1-4-43(5-2)19-20-44(22-29-12-11-28(21-25(29)3)27-13-15-30(16-14-27)37(39,40)41)34(46)23-45-33-8-6-7-32(33)35(47)42-36(45)48-24-26-9-17-31(38)18-10-26/h9-18,21H,4-8,19-20,22-24H2,1-3H3/i9D,10D,11D,12D,13D,14D,15D,16D,17D,18D,19D2,20D2,21D. The van der Waals surface area contributed by atoms with Crippen LogP contribution in [-0.4, -0.2) is 51.3 Å². The van der Waals surface area contributed by atoms with E-state index in [2.05, 4.69) is 4.98 Å². The average molecular weight is 696 g/mol. The van der Waals surface area contributed by atoms with Crippen molar-refractivity contribution in [1.82, 2.24) is 19.4 Å². The van der Waals surface area contributed by atoms with Crippen LogP contribution in [0.1, 0.15) is 74.3 Å². The molecule has 0 spiro atoms. The van der Waals surface area contributed by atoms with Crippen LogP contribution in [0.4, 0.5) is 17.6 Å². The van der Waals surface area contributed by atoms with Gasteiger partial charge in [-0.05, 0) is 91.3 Å². The van der Waals surface area contributed by atoms with Gasteiger partial charge in [0, 0.05) is 39.3 Å². The molecule has 1 amide bonds. The first kappa shape index (κ1) is 20.5. The van der Waals surface area contributed by atoms with E-state index in [4.69, 9.17) is 17.8 Å². The van der Waals surface area contributed by atoms with Crippen molar-refractivity contribution in [3.05, 3.63) is 116 Å². The zero-order valence-corrected chi connectivity index (χ0v) is 27.0. The molecule has 1 heterocycles. The third kappa shape index (κ3) is 8.54. The molecule has 0 unspecified atom stereocenters. The second-order valence-electron chi connectivity index (χ2n) is 10.6. The molecule has 0 N–H and O–H groups in total. The van der Waals surface area contributed by atoms with Crippen molar-refractivity contribution >= 4 is 17.7 Å². The first-order chi connectivity index (χ1) is 29.1. The molecule has 0 saturated carbocycles. The molecular weight excluding hydrogens is 640 g/mol. The number of hydrogen-bond acceptors (Lipinski definition) is 5. The number of likely N-dealkylation sites (N-methyl/N-ethyl adjacent to an activating group) is 1. The highest BCUT2D eigenvalue weighted by atomic mass is 32.2. The number of aromatic nitrogens is 2. The summed E-state index contributed by atoms with van der Waals surface area (Å²) >= 11 is 0.706. The zero-order chi connectivity index (χ0) is 47.6. The Morgan fingerprint density at radius 1 is 1.00 bits per heavy atom. The topological polar surface area (TPSA) is 58.4 Å². The Bertz CT molecular complexity index is 2500. The summed E-state index contributed by atoms with van der Waals surface area (Å²) in [4.78, 5) is 33.6. The van der Waals surface area contributed by atoms with Gasteiger partial charge in [-0.15, -0.1) is 0 Å². The number of benzene rings is 3. The van der Waals surface area contributed by atoms with Gasteiger partial charge >= 0.3 is 6.18 Å². The maximum atomic E-state index is 14.8. The minimum Gasteiger partial charge on any atom is -0.336 e. The quantitative estimate of drug-likeness (QED) is 0.0823. The van der Waals surface area contributed by atoms with E-state index in [1.165, 1.54) is 25.3 Å². The molecule has 254 valence electrons. The molecule has 0 atom stereocenters. The summed E-state index contributed by atoms with van der Waals surface area (Å²) in [6.45, 7) is -3.98. The van der Waals surface area contributed by atoms with Gasteiger partial charge in [-0.2, -0.15) is 18.2 Å². The fourth-order valence-electron chi connectivity index (χ4n) is 4.86. The minimum absolute atomic E-state index is 0.0540. The Kier molecular flexibility index (Phi) is 6.63. The predicted molar refractivity (Wildman–Crippen MR) is 181 cm³/mol. The number of amides is 1. The average Bonchev–Trinajstić information content (AvgIpc) is 3.71. The Morgan fingerprint density at radius 3 is 2.35 bits per heavy atom. The van der Waals surface area contributed by atoms with E-state index in [0.717, 1.165) is 4.90 Å². The van der Waals surface area contributed by atoms with E-state index < -0.39 is 144 Å². The Balaban J connectivity index is 1.69. The largest absolute Gasteiger partial charge is 0.416 e. The lowest BCUT2D eigenvalue weighted by molar-refractivity contribution is -0.137. The van der Waals surface area contributed by atoms with E-state index in [1.807, 2.05) is 0 Å². The third-order valence-corrected chi connectivity index (χ3v) is 8.47. The molecule has 0 saturated heterocycles. The zero-order valence-electron chi connectivity index (χ0n) is 41.2. The summed E-state index contributed by atoms with van der Waals surface area (Å²) in [5, 5.41) is -0.192. The van der Waals surface area contributed by atoms with Crippen LogP contribution in [0.3, 0.4) is 0 Å². The number of carbonyl (C=O) groups is 1. The fraction of sp³-hybridized carbons (Fsp3) is 0.378. The normalized spacial score (nSPS) is 17.9. The molecule has 48 heavy (non-hydrogen) atoms. The van der Waals surface area contributed by atoms with Gasteiger partial charge in [-0.3, -0.25) is 9.59 Å². The van der Waals surface area contributed by atoms with Gasteiger partial charge < -0.3 is 14.4 Å².